The van der Waals surface area contributed by atoms with Gasteiger partial charge in [-0.25, -0.2) is 0 Å². The Kier molecular flexibility index (Phi) is 6.24. The first kappa shape index (κ1) is 18.6. The molecular weight excluding hydrogens is 390 g/mol. The molecule has 0 radical (unpaired) electrons. The van der Waals surface area contributed by atoms with Gasteiger partial charge in [0.25, 0.3) is 5.69 Å². The summed E-state index contributed by atoms with van der Waals surface area (Å²) < 4.78 is 0.916. The monoisotopic (exact) mass is 405 g/mol. The Morgan fingerprint density at radius 3 is 2.40 bits per heavy atom. The lowest BCUT2D eigenvalue weighted by atomic mass is 10.1. The topological polar surface area (TPSA) is 101 Å². The van der Waals surface area contributed by atoms with Crippen molar-refractivity contribution in [1.82, 2.24) is 5.32 Å². The molecule has 0 bridgehead atoms. The van der Waals surface area contributed by atoms with Crippen LogP contribution in [0.4, 0.5) is 11.4 Å². The third-order valence-corrected chi connectivity index (χ3v) is 3.91. The fourth-order valence-corrected chi connectivity index (χ4v) is 2.60. The zero-order valence-corrected chi connectivity index (χ0v) is 15.0. The van der Waals surface area contributed by atoms with Gasteiger partial charge in [-0.15, -0.1) is 0 Å². The SMILES string of the molecule is Cc1cc(Br)ccc1NC(=O)CNC(=O)Cc1ccc([N+](=O)[O-])cc1. The quantitative estimate of drug-likeness (QED) is 0.569. The fraction of sp³-hybridized carbons (Fsp3) is 0.176. The standard InChI is InChI=1S/C17H16BrN3O4/c1-11-8-13(18)4-7-15(11)20-17(23)10-19-16(22)9-12-2-5-14(6-3-12)21(24)25/h2-8H,9-10H2,1H3,(H,19,22)(H,20,23). The van der Waals surface area contributed by atoms with E-state index < -0.39 is 4.92 Å². The molecule has 0 aliphatic heterocycles. The van der Waals surface area contributed by atoms with Crippen molar-refractivity contribution in [1.29, 1.82) is 0 Å². The first-order valence-electron chi connectivity index (χ1n) is 7.41. The van der Waals surface area contributed by atoms with Crippen molar-refractivity contribution >= 4 is 39.1 Å². The number of amides is 2. The molecule has 0 spiro atoms. The summed E-state index contributed by atoms with van der Waals surface area (Å²) in [5.74, 6) is -0.668. The average Bonchev–Trinajstić information content (AvgIpc) is 2.56. The third-order valence-electron chi connectivity index (χ3n) is 3.42. The van der Waals surface area contributed by atoms with Crippen molar-refractivity contribution in [3.8, 4) is 0 Å². The second kappa shape index (κ2) is 8.39. The van der Waals surface area contributed by atoms with Crippen molar-refractivity contribution in [3.05, 3.63) is 68.2 Å². The zero-order chi connectivity index (χ0) is 18.4. The second-order valence-corrected chi connectivity index (χ2v) is 6.30. The van der Waals surface area contributed by atoms with Gasteiger partial charge < -0.3 is 10.6 Å². The van der Waals surface area contributed by atoms with Crippen LogP contribution < -0.4 is 10.6 Å². The Bertz CT molecular complexity index is 806. The molecule has 0 saturated carbocycles. The van der Waals surface area contributed by atoms with Crippen molar-refractivity contribution in [3.63, 3.8) is 0 Å². The van der Waals surface area contributed by atoms with Gasteiger partial charge in [0.1, 0.15) is 0 Å². The van der Waals surface area contributed by atoms with Crippen LogP contribution in [-0.2, 0) is 16.0 Å². The lowest BCUT2D eigenvalue weighted by Gasteiger charge is -2.09. The maximum atomic E-state index is 11.9. The number of nitrogens with zero attached hydrogens (tertiary/aromatic N) is 1. The summed E-state index contributed by atoms with van der Waals surface area (Å²) in [5.41, 5.74) is 2.18. The Morgan fingerprint density at radius 2 is 1.80 bits per heavy atom. The van der Waals surface area contributed by atoms with Crippen LogP contribution in [0.1, 0.15) is 11.1 Å². The van der Waals surface area contributed by atoms with E-state index in [2.05, 4.69) is 26.6 Å². The Morgan fingerprint density at radius 1 is 1.12 bits per heavy atom. The van der Waals surface area contributed by atoms with E-state index in [1.165, 1.54) is 24.3 Å². The Balaban J connectivity index is 1.82. The normalized spacial score (nSPS) is 10.2. The molecule has 130 valence electrons. The van der Waals surface area contributed by atoms with Crippen LogP contribution >= 0.6 is 15.9 Å². The number of benzene rings is 2. The fourth-order valence-electron chi connectivity index (χ4n) is 2.12. The van der Waals surface area contributed by atoms with Crippen molar-refractivity contribution in [2.24, 2.45) is 0 Å². The molecule has 0 unspecified atom stereocenters. The number of nitro groups is 1. The Labute approximate surface area is 152 Å². The van der Waals surface area contributed by atoms with Crippen molar-refractivity contribution in [2.75, 3.05) is 11.9 Å². The molecule has 2 N–H and O–H groups in total. The van der Waals surface area contributed by atoms with E-state index in [0.717, 1.165) is 10.0 Å². The number of rotatable bonds is 6. The molecule has 0 aliphatic rings. The van der Waals surface area contributed by atoms with Gasteiger partial charge >= 0.3 is 0 Å². The Hall–Kier alpha value is -2.74. The minimum atomic E-state index is -0.502. The van der Waals surface area contributed by atoms with Gasteiger partial charge in [0.15, 0.2) is 0 Å². The third kappa shape index (κ3) is 5.68. The van der Waals surface area contributed by atoms with Gasteiger partial charge in [-0.3, -0.25) is 19.7 Å². The van der Waals surface area contributed by atoms with Gasteiger partial charge in [-0.2, -0.15) is 0 Å². The van der Waals surface area contributed by atoms with E-state index >= 15 is 0 Å². The van der Waals surface area contributed by atoms with Crippen LogP contribution in [0.3, 0.4) is 0 Å². The highest BCUT2D eigenvalue weighted by atomic mass is 79.9. The van der Waals surface area contributed by atoms with E-state index in [0.29, 0.717) is 11.3 Å². The number of anilines is 1. The zero-order valence-electron chi connectivity index (χ0n) is 13.4. The first-order chi connectivity index (χ1) is 11.8. The highest BCUT2D eigenvalue weighted by molar-refractivity contribution is 9.10. The molecule has 2 rings (SSSR count). The van der Waals surface area contributed by atoms with Crippen LogP contribution in [0.2, 0.25) is 0 Å². The van der Waals surface area contributed by atoms with Crippen molar-refractivity contribution in [2.45, 2.75) is 13.3 Å². The summed E-state index contributed by atoms with van der Waals surface area (Å²) in [6.07, 6.45) is 0.0442. The van der Waals surface area contributed by atoms with Gasteiger partial charge in [-0.05, 0) is 36.2 Å². The summed E-state index contributed by atoms with van der Waals surface area (Å²) >= 11 is 3.35. The predicted octanol–water partition coefficient (Wildman–Crippen LogP) is 2.96. The van der Waals surface area contributed by atoms with Gasteiger partial charge in [0.2, 0.25) is 11.8 Å². The number of aryl methyl sites for hydroxylation is 1. The molecule has 2 amide bonds. The van der Waals surface area contributed by atoms with Crippen LogP contribution in [0.15, 0.2) is 46.9 Å². The van der Waals surface area contributed by atoms with Crippen LogP contribution in [0, 0.1) is 17.0 Å². The van der Waals surface area contributed by atoms with Gasteiger partial charge in [0.05, 0.1) is 17.9 Å². The number of nitro benzene ring substituents is 1. The lowest BCUT2D eigenvalue weighted by molar-refractivity contribution is -0.384. The molecule has 0 heterocycles. The molecule has 0 atom stereocenters. The van der Waals surface area contributed by atoms with E-state index in [-0.39, 0.29) is 30.5 Å². The number of non-ortho nitro benzene ring substituents is 1. The summed E-state index contributed by atoms with van der Waals surface area (Å²) in [6, 6.07) is 11.2. The van der Waals surface area contributed by atoms with E-state index in [1.807, 2.05) is 19.1 Å². The molecule has 0 aromatic heterocycles. The van der Waals surface area contributed by atoms with E-state index in [1.54, 1.807) is 6.07 Å². The molecule has 2 aromatic carbocycles. The number of nitrogens with one attached hydrogen (secondary N) is 2. The summed E-state index contributed by atoms with van der Waals surface area (Å²) in [7, 11) is 0. The van der Waals surface area contributed by atoms with Gasteiger partial charge in [-0.1, -0.05) is 28.1 Å². The number of hydrogen-bond donors (Lipinski definition) is 2. The molecular formula is C17H16BrN3O4. The van der Waals surface area contributed by atoms with Crippen LogP contribution in [-0.4, -0.2) is 23.3 Å². The predicted molar refractivity (Wildman–Crippen MR) is 97.3 cm³/mol. The lowest BCUT2D eigenvalue weighted by Crippen LogP contribution is -2.33. The average molecular weight is 406 g/mol. The van der Waals surface area contributed by atoms with Crippen LogP contribution in [0.5, 0.6) is 0 Å². The molecule has 8 heteroatoms. The maximum Gasteiger partial charge on any atom is 0.269 e. The van der Waals surface area contributed by atoms with E-state index in [9.17, 15) is 19.7 Å². The largest absolute Gasteiger partial charge is 0.347 e. The first-order valence-corrected chi connectivity index (χ1v) is 8.20. The molecule has 0 saturated heterocycles. The molecule has 2 aromatic rings. The molecule has 25 heavy (non-hydrogen) atoms. The van der Waals surface area contributed by atoms with E-state index in [4.69, 9.17) is 0 Å². The number of carbonyl (C=O) groups excluding carboxylic acids is 2. The number of carbonyl (C=O) groups is 2. The minimum Gasteiger partial charge on any atom is -0.347 e. The number of halogens is 1. The molecule has 0 fully saturated rings. The highest BCUT2D eigenvalue weighted by Gasteiger charge is 2.10. The smallest absolute Gasteiger partial charge is 0.269 e. The van der Waals surface area contributed by atoms with Crippen LogP contribution in [0.25, 0.3) is 0 Å². The maximum absolute atomic E-state index is 11.9. The molecule has 0 aliphatic carbocycles. The number of hydrogen-bond acceptors (Lipinski definition) is 4. The van der Waals surface area contributed by atoms with Crippen molar-refractivity contribution < 1.29 is 14.5 Å². The van der Waals surface area contributed by atoms with Gasteiger partial charge in [0, 0.05) is 22.3 Å². The minimum absolute atomic E-state index is 0.0339. The molecule has 7 nitrogen and oxygen atoms in total. The second-order valence-electron chi connectivity index (χ2n) is 5.38. The highest BCUT2D eigenvalue weighted by Crippen LogP contribution is 2.19. The summed E-state index contributed by atoms with van der Waals surface area (Å²) in [4.78, 5) is 33.9. The summed E-state index contributed by atoms with van der Waals surface area (Å²) in [5, 5.41) is 15.8. The summed E-state index contributed by atoms with van der Waals surface area (Å²) in [6.45, 7) is 1.72.